The number of hydrogen-bond acceptors (Lipinski definition) is 4. The molecule has 0 aliphatic carbocycles. The van der Waals surface area contributed by atoms with Gasteiger partial charge in [0.2, 0.25) is 17.7 Å². The zero-order valence-corrected chi connectivity index (χ0v) is 17.7. The van der Waals surface area contributed by atoms with Crippen LogP contribution in [-0.4, -0.2) is 28.7 Å². The molecule has 0 radical (unpaired) electrons. The molecule has 0 saturated carbocycles. The zero-order valence-electron chi connectivity index (χ0n) is 13.7. The number of rotatable bonds is 5. The van der Waals surface area contributed by atoms with Gasteiger partial charge in [-0.1, -0.05) is 39.1 Å². The molecule has 27 heavy (non-hydrogen) atoms. The second kappa shape index (κ2) is 8.65. The van der Waals surface area contributed by atoms with E-state index in [1.54, 1.807) is 18.2 Å². The maximum Gasteiger partial charge on any atom is 0.247 e. The van der Waals surface area contributed by atoms with Crippen LogP contribution in [0.1, 0.15) is 6.42 Å². The number of imide groups is 1. The molecule has 2 aromatic carbocycles. The Morgan fingerprint density at radius 2 is 1.85 bits per heavy atom. The molecule has 3 rings (SSSR count). The lowest BCUT2D eigenvalue weighted by atomic mass is 10.3. The lowest BCUT2D eigenvalue weighted by Gasteiger charge is -2.15. The summed E-state index contributed by atoms with van der Waals surface area (Å²) in [5, 5.41) is 2.75. The van der Waals surface area contributed by atoms with Gasteiger partial charge in [0.25, 0.3) is 0 Å². The van der Waals surface area contributed by atoms with Gasteiger partial charge in [-0.15, -0.1) is 11.8 Å². The Labute approximate surface area is 178 Å². The summed E-state index contributed by atoms with van der Waals surface area (Å²) in [6, 6.07) is 11.7. The van der Waals surface area contributed by atoms with Crippen molar-refractivity contribution in [3.63, 3.8) is 0 Å². The molecule has 5 nitrogen and oxygen atoms in total. The summed E-state index contributed by atoms with van der Waals surface area (Å²) in [5.74, 6) is -0.866. The molecule has 0 spiro atoms. The van der Waals surface area contributed by atoms with Crippen LogP contribution in [0, 0.1) is 0 Å². The summed E-state index contributed by atoms with van der Waals surface area (Å²) < 4.78 is 0.910. The highest BCUT2D eigenvalue weighted by Gasteiger charge is 2.40. The molecule has 0 bridgehead atoms. The summed E-state index contributed by atoms with van der Waals surface area (Å²) in [5.41, 5.74) is 1.04. The minimum atomic E-state index is -0.609. The molecular weight excluding hydrogens is 475 g/mol. The van der Waals surface area contributed by atoms with Gasteiger partial charge in [0.05, 0.1) is 26.7 Å². The van der Waals surface area contributed by atoms with Crippen LogP contribution < -0.4 is 10.2 Å². The number of carbonyl (C=O) groups is 3. The number of thioether (sulfide) groups is 1. The second-order valence-electron chi connectivity index (χ2n) is 5.72. The van der Waals surface area contributed by atoms with E-state index in [4.69, 9.17) is 23.2 Å². The monoisotopic (exact) mass is 486 g/mol. The molecular formula is C18H13BrCl2N2O3S. The van der Waals surface area contributed by atoms with E-state index in [0.29, 0.717) is 16.4 Å². The predicted octanol–water partition coefficient (Wildman–Crippen LogP) is 4.76. The van der Waals surface area contributed by atoms with Gasteiger partial charge in [-0.25, -0.2) is 4.90 Å². The molecule has 0 aromatic heterocycles. The molecule has 3 amide bonds. The van der Waals surface area contributed by atoms with Crippen LogP contribution in [0.25, 0.3) is 0 Å². The van der Waals surface area contributed by atoms with Gasteiger partial charge in [0.15, 0.2) is 0 Å². The van der Waals surface area contributed by atoms with Crippen molar-refractivity contribution in [1.82, 2.24) is 0 Å². The zero-order chi connectivity index (χ0) is 19.6. The van der Waals surface area contributed by atoms with Crippen molar-refractivity contribution in [2.75, 3.05) is 16.0 Å². The van der Waals surface area contributed by atoms with E-state index in [2.05, 4.69) is 21.2 Å². The van der Waals surface area contributed by atoms with Crippen molar-refractivity contribution in [1.29, 1.82) is 0 Å². The van der Waals surface area contributed by atoms with E-state index in [1.807, 2.05) is 12.1 Å². The minimum Gasteiger partial charge on any atom is -0.325 e. The van der Waals surface area contributed by atoms with Crippen molar-refractivity contribution in [3.05, 3.63) is 57.0 Å². The third-order valence-electron chi connectivity index (χ3n) is 3.81. The first-order chi connectivity index (χ1) is 12.8. The highest BCUT2D eigenvalue weighted by atomic mass is 79.9. The third-order valence-corrected chi connectivity index (χ3v) is 6.28. The Bertz CT molecular complexity index is 908. The fraction of sp³-hybridized carbons (Fsp3) is 0.167. The SMILES string of the molecule is O=C(CSC1CC(=O)N(c2ccc(Cl)c(Cl)c2)C1=O)Nc1ccc(Br)cc1. The van der Waals surface area contributed by atoms with Gasteiger partial charge < -0.3 is 5.32 Å². The van der Waals surface area contributed by atoms with Gasteiger partial charge in [-0.2, -0.15) is 0 Å². The standard InChI is InChI=1S/C18H13BrCl2N2O3S/c19-10-1-3-11(4-2-10)22-16(24)9-27-15-8-17(25)23(18(15)26)12-5-6-13(20)14(21)7-12/h1-7,15H,8-9H2,(H,22,24). The molecule has 1 N–H and O–H groups in total. The van der Waals surface area contributed by atoms with Crippen LogP contribution in [0.15, 0.2) is 46.9 Å². The fourth-order valence-corrected chi connectivity index (χ4v) is 4.03. The number of carbonyl (C=O) groups excluding carboxylic acids is 3. The topological polar surface area (TPSA) is 66.5 Å². The Balaban J connectivity index is 1.60. The molecule has 1 aliphatic rings. The summed E-state index contributed by atoms with van der Waals surface area (Å²) in [4.78, 5) is 38.0. The van der Waals surface area contributed by atoms with Crippen molar-refractivity contribution in [2.24, 2.45) is 0 Å². The van der Waals surface area contributed by atoms with Crippen molar-refractivity contribution < 1.29 is 14.4 Å². The molecule has 1 atom stereocenters. The van der Waals surface area contributed by atoms with Crippen LogP contribution in [0.4, 0.5) is 11.4 Å². The highest BCUT2D eigenvalue weighted by Crippen LogP contribution is 2.33. The molecule has 2 aromatic rings. The quantitative estimate of drug-likeness (QED) is 0.617. The Hall–Kier alpha value is -1.54. The molecule has 9 heteroatoms. The number of benzene rings is 2. The lowest BCUT2D eigenvalue weighted by Crippen LogP contribution is -2.31. The first-order valence-corrected chi connectivity index (χ1v) is 10.4. The number of hydrogen-bond donors (Lipinski definition) is 1. The largest absolute Gasteiger partial charge is 0.325 e. The van der Waals surface area contributed by atoms with Gasteiger partial charge in [-0.3, -0.25) is 14.4 Å². The smallest absolute Gasteiger partial charge is 0.247 e. The number of anilines is 2. The predicted molar refractivity (Wildman–Crippen MR) is 113 cm³/mol. The summed E-state index contributed by atoms with van der Waals surface area (Å²) in [6.45, 7) is 0. The van der Waals surface area contributed by atoms with Crippen LogP contribution >= 0.6 is 50.9 Å². The van der Waals surface area contributed by atoms with Crippen LogP contribution in [0.3, 0.4) is 0 Å². The third kappa shape index (κ3) is 4.85. The number of halogens is 3. The first-order valence-electron chi connectivity index (χ1n) is 7.84. The summed E-state index contributed by atoms with van der Waals surface area (Å²) in [6.07, 6.45) is 0.0370. The average Bonchev–Trinajstić information content (AvgIpc) is 2.91. The molecule has 1 heterocycles. The average molecular weight is 488 g/mol. The Morgan fingerprint density at radius 3 is 2.52 bits per heavy atom. The Kier molecular flexibility index (Phi) is 6.47. The lowest BCUT2D eigenvalue weighted by molar-refractivity contribution is -0.121. The fourth-order valence-electron chi connectivity index (χ4n) is 2.54. The molecule has 140 valence electrons. The normalized spacial score (nSPS) is 16.7. The van der Waals surface area contributed by atoms with Crippen molar-refractivity contribution >= 4 is 80.0 Å². The van der Waals surface area contributed by atoms with E-state index in [-0.39, 0.29) is 34.9 Å². The highest BCUT2D eigenvalue weighted by molar-refractivity contribution is 9.10. The van der Waals surface area contributed by atoms with Crippen LogP contribution in [-0.2, 0) is 14.4 Å². The minimum absolute atomic E-state index is 0.0370. The van der Waals surface area contributed by atoms with E-state index >= 15 is 0 Å². The van der Waals surface area contributed by atoms with E-state index in [0.717, 1.165) is 21.1 Å². The van der Waals surface area contributed by atoms with Gasteiger partial charge >= 0.3 is 0 Å². The van der Waals surface area contributed by atoms with Crippen molar-refractivity contribution in [3.8, 4) is 0 Å². The van der Waals surface area contributed by atoms with Crippen LogP contribution in [0.2, 0.25) is 10.0 Å². The molecule has 1 unspecified atom stereocenters. The van der Waals surface area contributed by atoms with Crippen molar-refractivity contribution in [2.45, 2.75) is 11.7 Å². The maximum absolute atomic E-state index is 12.6. The second-order valence-corrected chi connectivity index (χ2v) is 8.65. The molecule has 1 fully saturated rings. The van der Waals surface area contributed by atoms with Gasteiger partial charge in [0.1, 0.15) is 0 Å². The first kappa shape index (κ1) is 20.2. The van der Waals surface area contributed by atoms with Gasteiger partial charge in [0, 0.05) is 16.6 Å². The van der Waals surface area contributed by atoms with E-state index in [9.17, 15) is 14.4 Å². The number of nitrogens with zero attached hydrogens (tertiary/aromatic N) is 1. The summed E-state index contributed by atoms with van der Waals surface area (Å²) >= 11 is 16.3. The van der Waals surface area contributed by atoms with Crippen LogP contribution in [0.5, 0.6) is 0 Å². The molecule has 1 aliphatic heterocycles. The maximum atomic E-state index is 12.6. The van der Waals surface area contributed by atoms with E-state index < -0.39 is 5.25 Å². The summed E-state index contributed by atoms with van der Waals surface area (Å²) in [7, 11) is 0. The Morgan fingerprint density at radius 1 is 1.15 bits per heavy atom. The number of nitrogens with one attached hydrogen (secondary N) is 1. The number of amides is 3. The van der Waals surface area contributed by atoms with Gasteiger partial charge in [-0.05, 0) is 42.5 Å². The molecule has 1 saturated heterocycles. The van der Waals surface area contributed by atoms with E-state index in [1.165, 1.54) is 12.1 Å².